The quantitative estimate of drug-likeness (QED) is 0.217. The number of aryl methyl sites for hydroxylation is 1. The number of fused-ring (bicyclic) bond motifs is 1. The lowest BCUT2D eigenvalue weighted by Gasteiger charge is -2.32. The summed E-state index contributed by atoms with van der Waals surface area (Å²) < 4.78 is 101. The summed E-state index contributed by atoms with van der Waals surface area (Å²) in [6.45, 7) is 3.76. The van der Waals surface area contributed by atoms with E-state index in [4.69, 9.17) is 32.5 Å². The second kappa shape index (κ2) is 11.9. The predicted octanol–water partition coefficient (Wildman–Crippen LogP) is 6.43. The minimum absolute atomic E-state index is 0.0195. The van der Waals surface area contributed by atoms with Gasteiger partial charge in [0.05, 0.1) is 51.6 Å². The lowest BCUT2D eigenvalue weighted by atomic mass is 9.95. The summed E-state index contributed by atoms with van der Waals surface area (Å²) in [5.74, 6) is -2.31. The van der Waals surface area contributed by atoms with Crippen molar-refractivity contribution in [3.63, 3.8) is 0 Å². The van der Waals surface area contributed by atoms with Gasteiger partial charge in [0.2, 0.25) is 0 Å². The molecule has 0 saturated carbocycles. The van der Waals surface area contributed by atoms with Crippen LogP contribution in [0.5, 0.6) is 11.8 Å². The molecular weight excluding hydrogens is 678 g/mol. The van der Waals surface area contributed by atoms with Crippen LogP contribution in [0.3, 0.4) is 0 Å². The molecule has 0 unspecified atom stereocenters. The van der Waals surface area contributed by atoms with Crippen molar-refractivity contribution in [3.05, 3.63) is 51.7 Å². The molecular formula is C32H31ClF6N8O2. The van der Waals surface area contributed by atoms with Crippen molar-refractivity contribution in [3.8, 4) is 23.0 Å². The van der Waals surface area contributed by atoms with E-state index >= 15 is 4.39 Å². The summed E-state index contributed by atoms with van der Waals surface area (Å²) in [6, 6.07) is 1.19. The molecule has 3 aromatic heterocycles. The first-order valence-corrected chi connectivity index (χ1v) is 16.0. The zero-order valence-electron chi connectivity index (χ0n) is 26.3. The lowest BCUT2D eigenvalue weighted by molar-refractivity contribution is -0.137. The first-order chi connectivity index (χ1) is 23.2. The van der Waals surface area contributed by atoms with Crippen LogP contribution in [0.25, 0.3) is 22.2 Å². The summed E-state index contributed by atoms with van der Waals surface area (Å²) in [5.41, 5.74) is 8.08. The summed E-state index contributed by atoms with van der Waals surface area (Å²) in [7, 11) is 0. The third-order valence-corrected chi connectivity index (χ3v) is 9.98. The summed E-state index contributed by atoms with van der Waals surface area (Å²) in [6.07, 6.45) is -3.31. The van der Waals surface area contributed by atoms with Gasteiger partial charge < -0.3 is 25.8 Å². The topological polar surface area (TPSA) is 129 Å². The number of rotatable bonds is 6. The van der Waals surface area contributed by atoms with Gasteiger partial charge in [-0.3, -0.25) is 4.90 Å². The average molecular weight is 709 g/mol. The molecule has 7 rings (SSSR count). The first kappa shape index (κ1) is 33.2. The number of halogens is 7. The number of ether oxygens (including phenoxy) is 2. The number of pyridine rings is 2. The minimum Gasteiger partial charge on any atom is -0.489 e. The Balaban J connectivity index is 1.46. The Bertz CT molecular complexity index is 1980. The fraction of sp³-hybridized carbons (Fsp3) is 0.438. The van der Waals surface area contributed by atoms with E-state index in [0.717, 1.165) is 18.7 Å². The number of hydrogen-bond acceptors (Lipinski definition) is 10. The highest BCUT2D eigenvalue weighted by molar-refractivity contribution is 6.36. The van der Waals surface area contributed by atoms with Gasteiger partial charge in [0.25, 0.3) is 0 Å². The van der Waals surface area contributed by atoms with Crippen molar-refractivity contribution in [2.75, 3.05) is 49.2 Å². The SMILES string of the molecule is Cc1cc(N)nc(-c2c(Cl)c3c4c(nc(OC[C@@]56CCCN5C[C@H](F)C6)nc4c2F)N([C@@H](C)c2cc(F)cnc2N)CCO3)c1C(F)(F)F. The zero-order valence-corrected chi connectivity index (χ0v) is 27.1. The van der Waals surface area contributed by atoms with Gasteiger partial charge in [0, 0.05) is 18.5 Å². The number of hydrogen-bond donors (Lipinski definition) is 2. The van der Waals surface area contributed by atoms with Crippen LogP contribution in [0.15, 0.2) is 18.3 Å². The largest absolute Gasteiger partial charge is 0.489 e. The maximum absolute atomic E-state index is 17.0. The van der Waals surface area contributed by atoms with E-state index in [0.29, 0.717) is 13.0 Å². The third-order valence-electron chi connectivity index (χ3n) is 9.61. The van der Waals surface area contributed by atoms with Gasteiger partial charge in [-0.05, 0) is 50.9 Å². The van der Waals surface area contributed by atoms with Crippen LogP contribution >= 0.6 is 11.6 Å². The molecule has 0 bridgehead atoms. The van der Waals surface area contributed by atoms with Crippen molar-refractivity contribution >= 4 is 40.0 Å². The van der Waals surface area contributed by atoms with Crippen molar-refractivity contribution < 1.29 is 35.8 Å². The normalized spacial score (nSPS) is 21.5. The molecule has 2 fully saturated rings. The molecule has 3 aliphatic heterocycles. The Morgan fingerprint density at radius 2 is 1.94 bits per heavy atom. The van der Waals surface area contributed by atoms with Crippen molar-refractivity contribution in [2.45, 2.75) is 57.0 Å². The number of benzene rings is 1. The molecule has 3 atom stereocenters. The van der Waals surface area contributed by atoms with Gasteiger partial charge in [-0.1, -0.05) is 11.6 Å². The van der Waals surface area contributed by atoms with E-state index in [9.17, 15) is 22.0 Å². The Hall–Kier alpha value is -4.31. The van der Waals surface area contributed by atoms with E-state index in [1.54, 1.807) is 11.8 Å². The summed E-state index contributed by atoms with van der Waals surface area (Å²) in [5, 5.41) is -0.571. The highest BCUT2D eigenvalue weighted by Gasteiger charge is 2.49. The summed E-state index contributed by atoms with van der Waals surface area (Å²) in [4.78, 5) is 20.4. The van der Waals surface area contributed by atoms with E-state index in [1.165, 1.54) is 13.0 Å². The van der Waals surface area contributed by atoms with Gasteiger partial charge >= 0.3 is 12.2 Å². The van der Waals surface area contributed by atoms with Crippen LogP contribution in [0.1, 0.15) is 48.9 Å². The molecule has 0 aliphatic carbocycles. The minimum atomic E-state index is -4.96. The number of alkyl halides is 4. The molecule has 2 saturated heterocycles. The number of nitrogens with zero attached hydrogens (tertiary/aromatic N) is 6. The van der Waals surface area contributed by atoms with Crippen LogP contribution in [-0.2, 0) is 6.18 Å². The van der Waals surface area contributed by atoms with Crippen molar-refractivity contribution in [2.24, 2.45) is 0 Å². The highest BCUT2D eigenvalue weighted by atomic mass is 35.5. The maximum Gasteiger partial charge on any atom is 0.418 e. The van der Waals surface area contributed by atoms with Gasteiger partial charge in [-0.25, -0.2) is 23.1 Å². The Kier molecular flexibility index (Phi) is 8.08. The molecule has 1 aromatic carbocycles. The van der Waals surface area contributed by atoms with Gasteiger partial charge in [-0.15, -0.1) is 0 Å². The molecule has 49 heavy (non-hydrogen) atoms. The molecule has 3 aliphatic rings. The average Bonchev–Trinajstić information content (AvgIpc) is 3.47. The second-order valence-electron chi connectivity index (χ2n) is 12.7. The first-order valence-electron chi connectivity index (χ1n) is 15.6. The van der Waals surface area contributed by atoms with Gasteiger partial charge in [-0.2, -0.15) is 23.1 Å². The van der Waals surface area contributed by atoms with E-state index in [-0.39, 0.29) is 78.5 Å². The summed E-state index contributed by atoms with van der Waals surface area (Å²) >= 11 is 6.74. The van der Waals surface area contributed by atoms with Crippen molar-refractivity contribution in [1.82, 2.24) is 24.8 Å². The van der Waals surface area contributed by atoms with Gasteiger partial charge in [0.15, 0.2) is 11.6 Å². The molecule has 4 N–H and O–H groups in total. The molecule has 4 aromatic rings. The number of nitrogens with two attached hydrogens (primary N) is 2. The molecule has 17 heteroatoms. The maximum atomic E-state index is 17.0. The Morgan fingerprint density at radius 1 is 1.16 bits per heavy atom. The number of aromatic nitrogens is 4. The zero-order chi connectivity index (χ0) is 35.0. The smallest absolute Gasteiger partial charge is 0.418 e. The van der Waals surface area contributed by atoms with Crippen LogP contribution in [0.2, 0.25) is 5.02 Å². The van der Waals surface area contributed by atoms with Crippen LogP contribution in [0, 0.1) is 18.6 Å². The monoisotopic (exact) mass is 708 g/mol. The van der Waals surface area contributed by atoms with Crippen LogP contribution < -0.4 is 25.8 Å². The van der Waals surface area contributed by atoms with Gasteiger partial charge in [0.1, 0.15) is 48.2 Å². The number of anilines is 3. The Labute approximate surface area is 281 Å². The van der Waals surface area contributed by atoms with Crippen LogP contribution in [-0.4, -0.2) is 69.4 Å². The molecule has 0 spiro atoms. The van der Waals surface area contributed by atoms with E-state index in [2.05, 4.69) is 19.9 Å². The van der Waals surface area contributed by atoms with Crippen LogP contribution in [0.4, 0.5) is 43.8 Å². The standard InChI is InChI=1S/C32H31ClF6N8O2/c1-14-8-19(40)43-25(22(14)32(37,38)39)20-23(33)27-21-26(24(20)36)44-30(49-13-31-4-3-5-46(31)12-17(35)10-31)45-29(21)47(6-7-48-27)15(2)18-9-16(34)11-42-28(18)41/h8-9,11,15,17H,3-7,10,12-13H2,1-2H3,(H2,40,43)(H2,41,42)/t15-,17+,31-/m0/s1. The van der Waals surface area contributed by atoms with Crippen molar-refractivity contribution in [1.29, 1.82) is 0 Å². The van der Waals surface area contributed by atoms with E-state index in [1.807, 2.05) is 4.90 Å². The molecule has 0 radical (unpaired) electrons. The third kappa shape index (κ3) is 5.58. The molecule has 260 valence electrons. The van der Waals surface area contributed by atoms with E-state index < -0.39 is 62.9 Å². The lowest BCUT2D eigenvalue weighted by Crippen LogP contribution is -2.43. The highest BCUT2D eigenvalue weighted by Crippen LogP contribution is 2.51. The fourth-order valence-electron chi connectivity index (χ4n) is 7.43. The predicted molar refractivity (Wildman–Crippen MR) is 170 cm³/mol. The second-order valence-corrected chi connectivity index (χ2v) is 13.1. The Morgan fingerprint density at radius 3 is 2.69 bits per heavy atom. The molecule has 10 nitrogen and oxygen atoms in total. The molecule has 0 amide bonds. The molecule has 6 heterocycles. The fourth-order valence-corrected chi connectivity index (χ4v) is 7.75. The number of nitrogen functional groups attached to an aromatic ring is 2.